The van der Waals surface area contributed by atoms with Crippen LogP contribution in [0.25, 0.3) is 55.3 Å². The van der Waals surface area contributed by atoms with E-state index in [1.165, 1.54) is 44.5 Å². The predicted octanol–water partition coefficient (Wildman–Crippen LogP) is 13.3. The number of anilines is 3. The van der Waals surface area contributed by atoms with Crippen LogP contribution in [0.1, 0.15) is 36.1 Å². The molecule has 0 saturated carbocycles. The second kappa shape index (κ2) is 11.1. The summed E-state index contributed by atoms with van der Waals surface area (Å²) in [7, 11) is 0. The van der Waals surface area contributed by atoms with Crippen molar-refractivity contribution in [1.29, 1.82) is 0 Å². The van der Waals surface area contributed by atoms with Crippen LogP contribution in [0.15, 0.2) is 156 Å². The van der Waals surface area contributed by atoms with E-state index in [0.717, 1.165) is 50.1 Å². The molecule has 7 aromatic carbocycles. The van der Waals surface area contributed by atoms with Crippen molar-refractivity contribution in [1.82, 2.24) is 0 Å². The van der Waals surface area contributed by atoms with Crippen molar-refractivity contribution < 1.29 is 4.42 Å². The van der Waals surface area contributed by atoms with Gasteiger partial charge >= 0.3 is 0 Å². The monoisotopic (exact) mass is 631 g/mol. The average Bonchev–Trinajstić information content (AvgIpc) is 3.62. The lowest BCUT2D eigenvalue weighted by Gasteiger charge is -2.28. The Morgan fingerprint density at radius 1 is 0.469 bits per heavy atom. The van der Waals surface area contributed by atoms with Gasteiger partial charge in [0.05, 0.1) is 0 Å². The summed E-state index contributed by atoms with van der Waals surface area (Å²) in [6.07, 6.45) is 0. The molecule has 0 amide bonds. The van der Waals surface area contributed by atoms with E-state index in [1.54, 1.807) is 0 Å². The van der Waals surface area contributed by atoms with Crippen molar-refractivity contribution in [3.05, 3.63) is 174 Å². The first kappa shape index (κ1) is 29.3. The molecule has 0 saturated heterocycles. The number of aryl methyl sites for hydroxylation is 2. The highest BCUT2D eigenvalue weighted by atomic mass is 16.3. The highest BCUT2D eigenvalue weighted by molar-refractivity contribution is 6.09. The minimum atomic E-state index is -0.0880. The van der Waals surface area contributed by atoms with E-state index in [2.05, 4.69) is 172 Å². The SMILES string of the molecule is Cc1ccc(C)c(-c2ccc(N(c3ccc(-c4cccc5c4oc4ccccc45)cc3)c3ccc4c(c3)C(C)(C)c3ccccc3-4)cc2)c1. The third-order valence-electron chi connectivity index (χ3n) is 10.5. The highest BCUT2D eigenvalue weighted by Gasteiger charge is 2.35. The van der Waals surface area contributed by atoms with Crippen LogP contribution in [-0.2, 0) is 5.41 Å². The molecule has 0 bridgehead atoms. The predicted molar refractivity (Wildman–Crippen MR) is 206 cm³/mol. The molecular formula is C47H37NO. The average molecular weight is 632 g/mol. The minimum Gasteiger partial charge on any atom is -0.455 e. The molecule has 9 rings (SSSR count). The van der Waals surface area contributed by atoms with Crippen LogP contribution < -0.4 is 4.90 Å². The first-order chi connectivity index (χ1) is 23.9. The summed E-state index contributed by atoms with van der Waals surface area (Å²) in [5.41, 5.74) is 17.8. The molecule has 49 heavy (non-hydrogen) atoms. The zero-order valence-corrected chi connectivity index (χ0v) is 28.3. The first-order valence-corrected chi connectivity index (χ1v) is 17.1. The summed E-state index contributed by atoms with van der Waals surface area (Å²) in [5.74, 6) is 0. The number of hydrogen-bond donors (Lipinski definition) is 0. The van der Waals surface area contributed by atoms with Crippen LogP contribution in [-0.4, -0.2) is 0 Å². The van der Waals surface area contributed by atoms with Crippen LogP contribution >= 0.6 is 0 Å². The normalized spacial score (nSPS) is 13.1. The molecule has 2 heteroatoms. The van der Waals surface area contributed by atoms with Gasteiger partial charge in [0.1, 0.15) is 11.2 Å². The molecule has 0 atom stereocenters. The van der Waals surface area contributed by atoms with Crippen LogP contribution in [0.5, 0.6) is 0 Å². The third-order valence-corrected chi connectivity index (χ3v) is 10.5. The lowest BCUT2D eigenvalue weighted by Crippen LogP contribution is -2.16. The van der Waals surface area contributed by atoms with Gasteiger partial charge in [0.2, 0.25) is 0 Å². The largest absolute Gasteiger partial charge is 0.455 e. The fourth-order valence-electron chi connectivity index (χ4n) is 7.88. The van der Waals surface area contributed by atoms with Crippen LogP contribution in [0.3, 0.4) is 0 Å². The van der Waals surface area contributed by atoms with Gasteiger partial charge in [-0.1, -0.05) is 129 Å². The Bertz CT molecular complexity index is 2530. The van der Waals surface area contributed by atoms with Crippen LogP contribution in [0, 0.1) is 13.8 Å². The molecule has 236 valence electrons. The molecule has 1 aliphatic carbocycles. The smallest absolute Gasteiger partial charge is 0.143 e. The van der Waals surface area contributed by atoms with Crippen molar-refractivity contribution >= 4 is 39.0 Å². The first-order valence-electron chi connectivity index (χ1n) is 17.1. The maximum absolute atomic E-state index is 6.40. The molecule has 0 unspecified atom stereocenters. The van der Waals surface area contributed by atoms with Crippen LogP contribution in [0.4, 0.5) is 17.1 Å². The topological polar surface area (TPSA) is 16.4 Å². The molecular weight excluding hydrogens is 595 g/mol. The summed E-state index contributed by atoms with van der Waals surface area (Å²) in [5, 5.41) is 2.29. The lowest BCUT2D eigenvalue weighted by molar-refractivity contribution is 0.660. The number of para-hydroxylation sites is 2. The van der Waals surface area contributed by atoms with Crippen molar-refractivity contribution in [3.63, 3.8) is 0 Å². The second-order valence-electron chi connectivity index (χ2n) is 13.9. The summed E-state index contributed by atoms with van der Waals surface area (Å²) in [6.45, 7) is 9.04. The zero-order chi connectivity index (χ0) is 33.3. The Kier molecular flexibility index (Phi) is 6.64. The van der Waals surface area contributed by atoms with Gasteiger partial charge in [-0.05, 0) is 101 Å². The van der Waals surface area contributed by atoms with Crippen molar-refractivity contribution in [3.8, 4) is 33.4 Å². The molecule has 1 heterocycles. The van der Waals surface area contributed by atoms with Crippen LogP contribution in [0.2, 0.25) is 0 Å². The van der Waals surface area contributed by atoms with Gasteiger partial charge in [-0.15, -0.1) is 0 Å². The molecule has 0 radical (unpaired) electrons. The van der Waals surface area contributed by atoms with Crippen molar-refractivity contribution in [2.75, 3.05) is 4.90 Å². The van der Waals surface area contributed by atoms with Crippen molar-refractivity contribution in [2.24, 2.45) is 0 Å². The molecule has 1 aromatic heterocycles. The molecule has 0 spiro atoms. The quantitative estimate of drug-likeness (QED) is 0.188. The zero-order valence-electron chi connectivity index (χ0n) is 28.3. The molecule has 8 aromatic rings. The molecule has 1 aliphatic rings. The van der Waals surface area contributed by atoms with E-state index >= 15 is 0 Å². The Balaban J connectivity index is 1.16. The number of hydrogen-bond acceptors (Lipinski definition) is 2. The van der Waals surface area contributed by atoms with Gasteiger partial charge in [-0.3, -0.25) is 0 Å². The number of rotatable bonds is 5. The van der Waals surface area contributed by atoms with Gasteiger partial charge in [0.15, 0.2) is 0 Å². The third kappa shape index (κ3) is 4.70. The number of fused-ring (bicyclic) bond motifs is 6. The van der Waals surface area contributed by atoms with Gasteiger partial charge in [-0.25, -0.2) is 0 Å². The lowest BCUT2D eigenvalue weighted by atomic mass is 9.82. The van der Waals surface area contributed by atoms with Crippen molar-refractivity contribution in [2.45, 2.75) is 33.1 Å². The maximum Gasteiger partial charge on any atom is 0.143 e. The maximum atomic E-state index is 6.40. The Morgan fingerprint density at radius 2 is 1.08 bits per heavy atom. The van der Waals surface area contributed by atoms with E-state index in [4.69, 9.17) is 4.42 Å². The Morgan fingerprint density at radius 3 is 1.86 bits per heavy atom. The second-order valence-corrected chi connectivity index (χ2v) is 13.9. The minimum absolute atomic E-state index is 0.0880. The molecule has 0 fully saturated rings. The van der Waals surface area contributed by atoms with Gasteiger partial charge in [0, 0.05) is 38.8 Å². The number of furan rings is 1. The van der Waals surface area contributed by atoms with Gasteiger partial charge < -0.3 is 9.32 Å². The fourth-order valence-corrected chi connectivity index (χ4v) is 7.88. The van der Waals surface area contributed by atoms with E-state index in [1.807, 2.05) is 12.1 Å². The number of nitrogens with zero attached hydrogens (tertiary/aromatic N) is 1. The standard InChI is InChI=1S/C47H37NO/c1-30-16-17-31(2)42(28-30)33-20-24-35(25-21-33)48(36-26-27-39-38-10-5-7-14-43(38)47(3,4)44(39)29-36)34-22-18-32(19-23-34)37-12-9-13-41-40-11-6-8-15-45(40)49-46(37)41/h5-29H,1-4H3. The van der Waals surface area contributed by atoms with Gasteiger partial charge in [0.25, 0.3) is 0 Å². The summed E-state index contributed by atoms with van der Waals surface area (Å²) >= 11 is 0. The molecule has 0 aliphatic heterocycles. The summed E-state index contributed by atoms with van der Waals surface area (Å²) in [6, 6.07) is 55.2. The van der Waals surface area contributed by atoms with E-state index in [-0.39, 0.29) is 5.41 Å². The van der Waals surface area contributed by atoms with Gasteiger partial charge in [-0.2, -0.15) is 0 Å². The summed E-state index contributed by atoms with van der Waals surface area (Å²) in [4.78, 5) is 2.39. The molecule has 2 nitrogen and oxygen atoms in total. The Labute approximate surface area is 287 Å². The van der Waals surface area contributed by atoms with E-state index < -0.39 is 0 Å². The summed E-state index contributed by atoms with van der Waals surface area (Å²) < 4.78 is 6.40. The van der Waals surface area contributed by atoms with E-state index in [0.29, 0.717) is 0 Å². The van der Waals surface area contributed by atoms with E-state index in [9.17, 15) is 0 Å². The number of benzene rings is 7. The fraction of sp³-hybridized carbons (Fsp3) is 0.106. The Hall–Kier alpha value is -5.86. The molecule has 0 N–H and O–H groups in total. The highest BCUT2D eigenvalue weighted by Crippen LogP contribution is 2.50.